The number of rotatable bonds is 1. The highest BCUT2D eigenvalue weighted by Crippen LogP contribution is 2.07. The van der Waals surface area contributed by atoms with Gasteiger partial charge in [-0.15, -0.1) is 0 Å². The van der Waals surface area contributed by atoms with Crippen LogP contribution in [-0.4, -0.2) is 35.8 Å². The van der Waals surface area contributed by atoms with E-state index in [1.165, 1.54) is 0 Å². The van der Waals surface area contributed by atoms with Crippen LogP contribution in [0.25, 0.3) is 0 Å². The lowest BCUT2D eigenvalue weighted by molar-refractivity contribution is -0.129. The van der Waals surface area contributed by atoms with E-state index in [4.69, 9.17) is 11.5 Å². The Kier molecular flexibility index (Phi) is 6.02. The molecule has 4 N–H and O–H groups in total. The molecular weight excluding hydrogens is 242 g/mol. The minimum atomic E-state index is -0.379. The number of primary amides is 1. The number of carbonyl (C=O) groups excluding carboxylic acids is 2. The largest absolute Gasteiger partial charge is 0.366 e. The summed E-state index contributed by atoms with van der Waals surface area (Å²) in [6, 6.07) is 9.08. The van der Waals surface area contributed by atoms with Crippen molar-refractivity contribution in [1.82, 2.24) is 4.90 Å². The Balaban J connectivity index is 0.000000191. The van der Waals surface area contributed by atoms with Crippen LogP contribution in [0.15, 0.2) is 30.3 Å². The Labute approximate surface area is 113 Å². The smallest absolute Gasteiger partial charge is 0.248 e. The fourth-order valence-corrected chi connectivity index (χ4v) is 1.82. The third-order valence-corrected chi connectivity index (χ3v) is 3.04. The van der Waals surface area contributed by atoms with Gasteiger partial charge in [0.2, 0.25) is 11.8 Å². The molecule has 1 heterocycles. The lowest BCUT2D eigenvalue weighted by atomic mass is 10.1. The SMILES string of the molecule is CC(=O)N1CCC(N)CC1.NC(=O)c1ccccc1. The highest BCUT2D eigenvalue weighted by atomic mass is 16.2. The number of nitrogens with two attached hydrogens (primary N) is 2. The van der Waals surface area contributed by atoms with Crippen molar-refractivity contribution in [3.63, 3.8) is 0 Å². The summed E-state index contributed by atoms with van der Waals surface area (Å²) in [5.74, 6) is -0.206. The van der Waals surface area contributed by atoms with E-state index in [2.05, 4.69) is 0 Å². The third kappa shape index (κ3) is 5.52. The van der Waals surface area contributed by atoms with E-state index < -0.39 is 0 Å². The molecule has 0 spiro atoms. The van der Waals surface area contributed by atoms with Crippen molar-refractivity contribution in [1.29, 1.82) is 0 Å². The minimum absolute atomic E-state index is 0.173. The van der Waals surface area contributed by atoms with Crippen LogP contribution in [0, 0.1) is 0 Å². The van der Waals surface area contributed by atoms with Gasteiger partial charge in [0.1, 0.15) is 0 Å². The predicted octanol–water partition coefficient (Wildman–Crippen LogP) is 0.742. The summed E-state index contributed by atoms with van der Waals surface area (Å²) >= 11 is 0. The first-order valence-corrected chi connectivity index (χ1v) is 6.36. The molecule has 5 heteroatoms. The first-order chi connectivity index (χ1) is 9.00. The van der Waals surface area contributed by atoms with Gasteiger partial charge in [-0.05, 0) is 25.0 Å². The fourth-order valence-electron chi connectivity index (χ4n) is 1.82. The van der Waals surface area contributed by atoms with Gasteiger partial charge in [-0.2, -0.15) is 0 Å². The van der Waals surface area contributed by atoms with Crippen molar-refractivity contribution >= 4 is 11.8 Å². The second-order valence-corrected chi connectivity index (χ2v) is 4.57. The molecule has 0 unspecified atom stereocenters. The molecule has 1 fully saturated rings. The van der Waals surface area contributed by atoms with Gasteiger partial charge < -0.3 is 16.4 Å². The van der Waals surface area contributed by atoms with E-state index in [0.717, 1.165) is 25.9 Å². The van der Waals surface area contributed by atoms with E-state index in [0.29, 0.717) is 11.6 Å². The van der Waals surface area contributed by atoms with Gasteiger partial charge in [0.05, 0.1) is 0 Å². The molecule has 2 amide bonds. The zero-order valence-electron chi connectivity index (χ0n) is 11.2. The van der Waals surface area contributed by atoms with Crippen molar-refractivity contribution < 1.29 is 9.59 Å². The molecule has 0 aromatic heterocycles. The number of piperidine rings is 1. The Morgan fingerprint density at radius 2 is 1.68 bits per heavy atom. The van der Waals surface area contributed by atoms with Gasteiger partial charge in [0.25, 0.3) is 0 Å². The van der Waals surface area contributed by atoms with Gasteiger partial charge >= 0.3 is 0 Å². The molecule has 5 nitrogen and oxygen atoms in total. The normalized spacial score (nSPS) is 15.4. The Morgan fingerprint density at radius 3 is 2.05 bits per heavy atom. The maximum Gasteiger partial charge on any atom is 0.248 e. The average Bonchev–Trinajstić information content (AvgIpc) is 2.41. The van der Waals surface area contributed by atoms with Crippen LogP contribution < -0.4 is 11.5 Å². The average molecular weight is 263 g/mol. The number of nitrogens with zero attached hydrogens (tertiary/aromatic N) is 1. The number of benzene rings is 1. The van der Waals surface area contributed by atoms with Gasteiger partial charge in [-0.25, -0.2) is 0 Å². The number of carbonyl (C=O) groups is 2. The van der Waals surface area contributed by atoms with Crippen molar-refractivity contribution in [2.45, 2.75) is 25.8 Å². The van der Waals surface area contributed by atoms with Gasteiger partial charge in [-0.1, -0.05) is 18.2 Å². The molecule has 0 bridgehead atoms. The molecule has 2 rings (SSSR count). The van der Waals surface area contributed by atoms with Crippen LogP contribution in [0.3, 0.4) is 0 Å². The summed E-state index contributed by atoms with van der Waals surface area (Å²) in [4.78, 5) is 23.1. The van der Waals surface area contributed by atoms with E-state index in [1.54, 1.807) is 31.2 Å². The monoisotopic (exact) mass is 263 g/mol. The number of likely N-dealkylation sites (tertiary alicyclic amines) is 1. The third-order valence-electron chi connectivity index (χ3n) is 3.04. The van der Waals surface area contributed by atoms with Gasteiger partial charge in [0, 0.05) is 31.6 Å². The van der Waals surface area contributed by atoms with E-state index >= 15 is 0 Å². The predicted molar refractivity (Wildman–Crippen MR) is 74.4 cm³/mol. The molecular formula is C14H21N3O2. The zero-order valence-corrected chi connectivity index (χ0v) is 11.2. The summed E-state index contributed by atoms with van der Waals surface area (Å²) in [6.07, 6.45) is 1.92. The van der Waals surface area contributed by atoms with E-state index in [-0.39, 0.29) is 11.8 Å². The molecule has 1 aromatic rings. The summed E-state index contributed by atoms with van der Waals surface area (Å²) in [7, 11) is 0. The lowest BCUT2D eigenvalue weighted by Gasteiger charge is -2.28. The van der Waals surface area contributed by atoms with Crippen LogP contribution in [0.4, 0.5) is 0 Å². The summed E-state index contributed by atoms with van der Waals surface area (Å²) in [5.41, 5.74) is 11.2. The summed E-state index contributed by atoms with van der Waals surface area (Å²) in [5, 5.41) is 0. The van der Waals surface area contributed by atoms with Crippen molar-refractivity contribution in [2.75, 3.05) is 13.1 Å². The summed E-state index contributed by atoms with van der Waals surface area (Å²) in [6.45, 7) is 3.30. The Morgan fingerprint density at radius 1 is 1.16 bits per heavy atom. The topological polar surface area (TPSA) is 89.4 Å². The summed E-state index contributed by atoms with van der Waals surface area (Å²) < 4.78 is 0. The molecule has 1 aliphatic heterocycles. The van der Waals surface area contributed by atoms with Crippen LogP contribution in [0.1, 0.15) is 30.1 Å². The standard InChI is InChI=1S/C7H14N2O.C7H7NO/c1-6(10)9-4-2-7(8)3-5-9;8-7(9)6-4-2-1-3-5-6/h7H,2-5,8H2,1H3;1-5H,(H2,8,9). The van der Waals surface area contributed by atoms with Gasteiger partial charge in [-0.3, -0.25) is 9.59 Å². The first-order valence-electron chi connectivity index (χ1n) is 6.36. The van der Waals surface area contributed by atoms with Gasteiger partial charge in [0.15, 0.2) is 0 Å². The van der Waals surface area contributed by atoms with E-state index in [1.807, 2.05) is 11.0 Å². The maximum absolute atomic E-state index is 10.8. The molecule has 19 heavy (non-hydrogen) atoms. The van der Waals surface area contributed by atoms with Crippen molar-refractivity contribution in [3.8, 4) is 0 Å². The van der Waals surface area contributed by atoms with Crippen molar-refractivity contribution in [2.24, 2.45) is 11.5 Å². The number of hydrogen-bond donors (Lipinski definition) is 2. The highest BCUT2D eigenvalue weighted by Gasteiger charge is 2.16. The number of amides is 2. The van der Waals surface area contributed by atoms with Crippen LogP contribution in [0.5, 0.6) is 0 Å². The maximum atomic E-state index is 10.8. The minimum Gasteiger partial charge on any atom is -0.366 e. The van der Waals surface area contributed by atoms with Crippen molar-refractivity contribution in [3.05, 3.63) is 35.9 Å². The lowest BCUT2D eigenvalue weighted by Crippen LogP contribution is -2.41. The van der Waals surface area contributed by atoms with Crippen LogP contribution in [-0.2, 0) is 4.79 Å². The number of hydrogen-bond acceptors (Lipinski definition) is 3. The molecule has 0 radical (unpaired) electrons. The molecule has 1 saturated heterocycles. The first kappa shape index (κ1) is 15.2. The molecule has 0 aliphatic carbocycles. The molecule has 0 saturated carbocycles. The van der Waals surface area contributed by atoms with Crippen LogP contribution in [0.2, 0.25) is 0 Å². The highest BCUT2D eigenvalue weighted by molar-refractivity contribution is 5.92. The molecule has 0 atom stereocenters. The molecule has 104 valence electrons. The van der Waals surface area contributed by atoms with E-state index in [9.17, 15) is 9.59 Å². The quantitative estimate of drug-likeness (QED) is 0.783. The Hall–Kier alpha value is -1.88. The molecule has 1 aliphatic rings. The zero-order chi connectivity index (χ0) is 14.3. The Bertz CT molecular complexity index is 412. The fraction of sp³-hybridized carbons (Fsp3) is 0.429. The second-order valence-electron chi connectivity index (χ2n) is 4.57. The van der Waals surface area contributed by atoms with Crippen LogP contribution >= 0.6 is 0 Å². The molecule has 1 aromatic carbocycles. The second kappa shape index (κ2) is 7.53.